The smallest absolute Gasteiger partial charge is 0.124 e. The molecule has 1 N–H and O–H groups in total. The van der Waals surface area contributed by atoms with Crippen LogP contribution in [-0.4, -0.2) is 16.7 Å². The summed E-state index contributed by atoms with van der Waals surface area (Å²) in [6.45, 7) is -0.239. The molecule has 0 saturated carbocycles. The van der Waals surface area contributed by atoms with Gasteiger partial charge in [-0.25, -0.2) is 9.37 Å². The fraction of sp³-hybridized carbons (Fsp3) is 0.133. The van der Waals surface area contributed by atoms with Crippen molar-refractivity contribution in [2.24, 2.45) is 0 Å². The van der Waals surface area contributed by atoms with Gasteiger partial charge in [-0.05, 0) is 45.8 Å². The minimum atomic E-state index is -0.331. The molecule has 0 unspecified atom stereocenters. The van der Waals surface area contributed by atoms with Crippen molar-refractivity contribution in [2.75, 3.05) is 6.61 Å². The molecule has 1 heterocycles. The Balaban J connectivity index is 2.14. The number of aromatic nitrogens is 1. The van der Waals surface area contributed by atoms with Gasteiger partial charge in [0.2, 0.25) is 0 Å². The van der Waals surface area contributed by atoms with E-state index in [0.717, 1.165) is 15.1 Å². The zero-order valence-electron chi connectivity index (χ0n) is 10.4. The molecule has 1 aromatic heterocycles. The SMILES string of the molecule is OCC#Cc1cc(F)ccc1CSc1ccc(Br)cn1. The molecule has 0 atom stereocenters. The number of nitrogens with zero attached hydrogens (tertiary/aromatic N) is 1. The first kappa shape index (κ1) is 15.0. The van der Waals surface area contributed by atoms with Crippen LogP contribution in [0.25, 0.3) is 0 Å². The molecule has 0 aliphatic heterocycles. The number of hydrogen-bond acceptors (Lipinski definition) is 3. The standard InChI is InChI=1S/C15H11BrFNOS/c16-13-4-6-15(18-9-13)20-10-12-3-5-14(17)8-11(12)2-1-7-19/h3-6,8-9,19H,7,10H2. The first-order chi connectivity index (χ1) is 9.69. The van der Waals surface area contributed by atoms with E-state index in [-0.39, 0.29) is 12.4 Å². The van der Waals surface area contributed by atoms with Crippen LogP contribution in [-0.2, 0) is 5.75 Å². The van der Waals surface area contributed by atoms with Gasteiger partial charge in [0.25, 0.3) is 0 Å². The van der Waals surface area contributed by atoms with E-state index in [9.17, 15) is 4.39 Å². The van der Waals surface area contributed by atoms with E-state index >= 15 is 0 Å². The lowest BCUT2D eigenvalue weighted by Crippen LogP contribution is -1.91. The predicted molar refractivity (Wildman–Crippen MR) is 81.9 cm³/mol. The van der Waals surface area contributed by atoms with Crippen molar-refractivity contribution in [3.63, 3.8) is 0 Å². The Morgan fingerprint density at radius 2 is 2.15 bits per heavy atom. The van der Waals surface area contributed by atoms with Crippen LogP contribution in [0.1, 0.15) is 11.1 Å². The monoisotopic (exact) mass is 351 g/mol. The number of aliphatic hydroxyl groups is 1. The Bertz CT molecular complexity index is 649. The van der Waals surface area contributed by atoms with Gasteiger partial charge in [-0.1, -0.05) is 17.9 Å². The van der Waals surface area contributed by atoms with Gasteiger partial charge in [-0.15, -0.1) is 11.8 Å². The molecule has 0 bridgehead atoms. The number of aliphatic hydroxyl groups excluding tert-OH is 1. The van der Waals surface area contributed by atoms with Crippen LogP contribution in [0, 0.1) is 17.7 Å². The van der Waals surface area contributed by atoms with Gasteiger partial charge in [0.15, 0.2) is 0 Å². The third-order valence-corrected chi connectivity index (χ3v) is 3.91. The van der Waals surface area contributed by atoms with Crippen molar-refractivity contribution in [2.45, 2.75) is 10.8 Å². The highest BCUT2D eigenvalue weighted by atomic mass is 79.9. The predicted octanol–water partition coefficient (Wildman–Crippen LogP) is 3.62. The summed E-state index contributed by atoms with van der Waals surface area (Å²) in [5.74, 6) is 5.63. The first-order valence-electron chi connectivity index (χ1n) is 5.81. The van der Waals surface area contributed by atoms with E-state index in [2.05, 4.69) is 32.8 Å². The van der Waals surface area contributed by atoms with E-state index in [1.165, 1.54) is 12.1 Å². The second-order valence-electron chi connectivity index (χ2n) is 3.86. The molecular formula is C15H11BrFNOS. The fourth-order valence-electron chi connectivity index (χ4n) is 1.52. The summed E-state index contributed by atoms with van der Waals surface area (Å²) in [5.41, 5.74) is 1.52. The topological polar surface area (TPSA) is 33.1 Å². The van der Waals surface area contributed by atoms with Gasteiger partial charge in [-0.3, -0.25) is 0 Å². The molecule has 0 fully saturated rings. The van der Waals surface area contributed by atoms with E-state index < -0.39 is 0 Å². The van der Waals surface area contributed by atoms with Crippen molar-refractivity contribution < 1.29 is 9.50 Å². The largest absolute Gasteiger partial charge is 0.384 e. The maximum Gasteiger partial charge on any atom is 0.124 e. The van der Waals surface area contributed by atoms with Crippen LogP contribution in [0.5, 0.6) is 0 Å². The van der Waals surface area contributed by atoms with Crippen molar-refractivity contribution in [1.29, 1.82) is 0 Å². The van der Waals surface area contributed by atoms with Crippen molar-refractivity contribution in [3.05, 3.63) is 57.9 Å². The molecule has 1 aromatic carbocycles. The second-order valence-corrected chi connectivity index (χ2v) is 5.78. The highest BCUT2D eigenvalue weighted by Gasteiger charge is 2.04. The van der Waals surface area contributed by atoms with Gasteiger partial charge in [-0.2, -0.15) is 0 Å². The van der Waals surface area contributed by atoms with E-state index in [1.807, 2.05) is 12.1 Å². The van der Waals surface area contributed by atoms with E-state index in [4.69, 9.17) is 5.11 Å². The molecule has 0 radical (unpaired) electrons. The summed E-state index contributed by atoms with van der Waals surface area (Å²) in [6, 6.07) is 8.34. The van der Waals surface area contributed by atoms with Crippen molar-refractivity contribution in [1.82, 2.24) is 4.98 Å². The third kappa shape index (κ3) is 4.34. The number of hydrogen-bond donors (Lipinski definition) is 1. The summed E-state index contributed by atoms with van der Waals surface area (Å²) < 4.78 is 14.2. The molecule has 2 rings (SSSR count). The molecule has 2 aromatic rings. The summed E-state index contributed by atoms with van der Waals surface area (Å²) in [4.78, 5) is 4.27. The summed E-state index contributed by atoms with van der Waals surface area (Å²) in [5, 5.41) is 9.62. The zero-order chi connectivity index (χ0) is 14.4. The van der Waals surface area contributed by atoms with Crippen LogP contribution >= 0.6 is 27.7 Å². The normalized spacial score (nSPS) is 9.95. The van der Waals surface area contributed by atoms with Crippen LogP contribution in [0.3, 0.4) is 0 Å². The lowest BCUT2D eigenvalue weighted by molar-refractivity contribution is 0.350. The molecule has 0 spiro atoms. The van der Waals surface area contributed by atoms with Crippen molar-refractivity contribution in [3.8, 4) is 11.8 Å². The number of rotatable bonds is 3. The molecule has 102 valence electrons. The summed E-state index contributed by atoms with van der Waals surface area (Å²) >= 11 is 4.89. The van der Waals surface area contributed by atoms with E-state index in [0.29, 0.717) is 11.3 Å². The zero-order valence-corrected chi connectivity index (χ0v) is 12.8. The van der Waals surface area contributed by atoms with Crippen molar-refractivity contribution >= 4 is 27.7 Å². The summed E-state index contributed by atoms with van der Waals surface area (Å²) in [6.07, 6.45) is 1.74. The lowest BCUT2D eigenvalue weighted by Gasteiger charge is -2.05. The Kier molecular flexibility index (Phi) is 5.60. The molecule has 2 nitrogen and oxygen atoms in total. The van der Waals surface area contributed by atoms with Crippen LogP contribution in [0.2, 0.25) is 0 Å². The molecule has 0 aliphatic rings. The Morgan fingerprint density at radius 1 is 1.30 bits per heavy atom. The number of benzene rings is 1. The lowest BCUT2D eigenvalue weighted by atomic mass is 10.1. The maximum atomic E-state index is 13.2. The summed E-state index contributed by atoms with van der Waals surface area (Å²) in [7, 11) is 0. The minimum absolute atomic E-state index is 0.239. The quantitative estimate of drug-likeness (QED) is 0.677. The number of pyridine rings is 1. The minimum Gasteiger partial charge on any atom is -0.384 e. The second kappa shape index (κ2) is 7.44. The highest BCUT2D eigenvalue weighted by molar-refractivity contribution is 9.10. The molecule has 0 saturated heterocycles. The first-order valence-corrected chi connectivity index (χ1v) is 7.59. The molecular weight excluding hydrogens is 341 g/mol. The van der Waals surface area contributed by atoms with Gasteiger partial charge >= 0.3 is 0 Å². The highest BCUT2D eigenvalue weighted by Crippen LogP contribution is 2.24. The third-order valence-electron chi connectivity index (χ3n) is 2.45. The fourth-order valence-corrected chi connectivity index (χ4v) is 2.61. The average molecular weight is 352 g/mol. The van der Waals surface area contributed by atoms with E-state index in [1.54, 1.807) is 24.0 Å². The van der Waals surface area contributed by atoms with Crippen LogP contribution in [0.4, 0.5) is 4.39 Å². The van der Waals surface area contributed by atoms with Crippen LogP contribution < -0.4 is 0 Å². The molecule has 0 amide bonds. The molecule has 0 aliphatic carbocycles. The van der Waals surface area contributed by atoms with Gasteiger partial charge in [0.1, 0.15) is 12.4 Å². The number of halogens is 2. The molecule has 5 heteroatoms. The Labute approximate surface area is 129 Å². The van der Waals surface area contributed by atoms with Gasteiger partial charge in [0, 0.05) is 22.0 Å². The average Bonchev–Trinajstić information content (AvgIpc) is 2.46. The molecule has 20 heavy (non-hydrogen) atoms. The van der Waals surface area contributed by atoms with Crippen LogP contribution in [0.15, 0.2) is 46.0 Å². The Hall–Kier alpha value is -1.35. The van der Waals surface area contributed by atoms with Gasteiger partial charge in [0.05, 0.1) is 5.03 Å². The van der Waals surface area contributed by atoms with Gasteiger partial charge < -0.3 is 5.11 Å². The number of thioether (sulfide) groups is 1. The maximum absolute atomic E-state index is 13.2. The Morgan fingerprint density at radius 3 is 2.85 bits per heavy atom.